The quantitative estimate of drug-likeness (QED) is 0.612. The van der Waals surface area contributed by atoms with E-state index in [4.69, 9.17) is 9.73 Å². The predicted octanol–water partition coefficient (Wildman–Crippen LogP) is 2.45. The van der Waals surface area contributed by atoms with E-state index >= 15 is 0 Å². The zero-order valence-electron chi connectivity index (χ0n) is 17.4. The van der Waals surface area contributed by atoms with Crippen LogP contribution in [0.1, 0.15) is 40.2 Å². The van der Waals surface area contributed by atoms with Crippen LogP contribution in [0, 0.1) is 0 Å². The largest absolute Gasteiger partial charge is 0.497 e. The highest BCUT2D eigenvalue weighted by Crippen LogP contribution is 2.27. The number of hydrogen-bond donors (Lipinski definition) is 1. The van der Waals surface area contributed by atoms with Crippen LogP contribution < -0.4 is 10.1 Å². The van der Waals surface area contributed by atoms with Crippen molar-refractivity contribution in [2.24, 2.45) is 4.99 Å². The molecule has 27 heavy (non-hydrogen) atoms. The monoisotopic (exact) mass is 395 g/mol. The average Bonchev–Trinajstić information content (AvgIpc) is 2.61. The normalized spacial score (nSPS) is 19.6. The van der Waals surface area contributed by atoms with Gasteiger partial charge in [0, 0.05) is 25.0 Å². The molecule has 0 atom stereocenters. The molecule has 6 nitrogen and oxygen atoms in total. The Morgan fingerprint density at radius 1 is 1.37 bits per heavy atom. The van der Waals surface area contributed by atoms with E-state index in [1.54, 1.807) is 21.0 Å². The van der Waals surface area contributed by atoms with E-state index in [2.05, 4.69) is 30.1 Å². The number of ether oxygens (including phenoxy) is 1. The number of methoxy groups -OCH3 is 1. The van der Waals surface area contributed by atoms with Gasteiger partial charge in [-0.3, -0.25) is 4.99 Å². The summed E-state index contributed by atoms with van der Waals surface area (Å²) in [7, 11) is -1.41. The van der Waals surface area contributed by atoms with Gasteiger partial charge < -0.3 is 15.0 Å². The number of nitrogens with zero attached hydrogens (tertiary/aromatic N) is 2. The Labute approximate surface area is 163 Å². The molecule has 1 aliphatic rings. The molecule has 1 fully saturated rings. The van der Waals surface area contributed by atoms with E-state index in [1.165, 1.54) is 0 Å². The summed E-state index contributed by atoms with van der Waals surface area (Å²) in [4.78, 5) is 6.91. The summed E-state index contributed by atoms with van der Waals surface area (Å²) >= 11 is 0. The van der Waals surface area contributed by atoms with Gasteiger partial charge in [-0.15, -0.1) is 0 Å². The van der Waals surface area contributed by atoms with Crippen LogP contribution in [0.3, 0.4) is 0 Å². The van der Waals surface area contributed by atoms with Crippen LogP contribution in [0.4, 0.5) is 0 Å². The number of rotatable bonds is 5. The molecule has 0 amide bonds. The molecular weight excluding hydrogens is 362 g/mol. The topological polar surface area (TPSA) is 71.0 Å². The van der Waals surface area contributed by atoms with Crippen LogP contribution in [-0.2, 0) is 15.3 Å². The van der Waals surface area contributed by atoms with Gasteiger partial charge in [-0.1, -0.05) is 26.0 Å². The molecule has 1 heterocycles. The Balaban J connectivity index is 2.22. The molecule has 1 aliphatic heterocycles. The van der Waals surface area contributed by atoms with Crippen LogP contribution in [0.2, 0.25) is 0 Å². The maximum atomic E-state index is 12.3. The lowest BCUT2D eigenvalue weighted by Gasteiger charge is -2.39. The lowest BCUT2D eigenvalue weighted by atomic mass is 9.84. The molecule has 0 unspecified atom stereocenters. The number of guanidine groups is 1. The Hall–Kier alpha value is -1.76. The van der Waals surface area contributed by atoms with E-state index in [9.17, 15) is 8.42 Å². The van der Waals surface area contributed by atoms with Crippen molar-refractivity contribution in [3.05, 3.63) is 29.8 Å². The Morgan fingerprint density at radius 2 is 2.07 bits per heavy atom. The minimum Gasteiger partial charge on any atom is -0.497 e. The molecule has 0 aliphatic carbocycles. The molecule has 152 valence electrons. The van der Waals surface area contributed by atoms with Crippen molar-refractivity contribution < 1.29 is 13.2 Å². The smallest absolute Gasteiger partial charge is 0.194 e. The predicted molar refractivity (Wildman–Crippen MR) is 111 cm³/mol. The fraction of sp³-hybridized carbons (Fsp3) is 0.650. The zero-order valence-corrected chi connectivity index (χ0v) is 18.2. The standard InChI is InChI=1S/C20H33N3O3S/c1-7-21-18(23-11-12-27(24,25)20(4,5)15-23)22-14-19(2,3)16-9-8-10-17(13-16)26-6/h8-10,13H,7,11-12,14-15H2,1-6H3,(H,21,22). The van der Waals surface area contributed by atoms with Gasteiger partial charge in [0.05, 0.1) is 24.2 Å². The van der Waals surface area contributed by atoms with Crippen molar-refractivity contribution in [1.82, 2.24) is 10.2 Å². The van der Waals surface area contributed by atoms with Crippen LogP contribution in [-0.4, -0.2) is 63.1 Å². The summed E-state index contributed by atoms with van der Waals surface area (Å²) in [6.45, 7) is 12.1. The molecule has 0 aromatic heterocycles. The number of aliphatic imine (C=N–C) groups is 1. The van der Waals surface area contributed by atoms with Gasteiger partial charge in [-0.25, -0.2) is 8.42 Å². The van der Waals surface area contributed by atoms with Crippen molar-refractivity contribution in [3.8, 4) is 5.75 Å². The fourth-order valence-electron chi connectivity index (χ4n) is 3.16. The lowest BCUT2D eigenvalue weighted by Crippen LogP contribution is -2.57. The van der Waals surface area contributed by atoms with Crippen molar-refractivity contribution >= 4 is 15.8 Å². The van der Waals surface area contributed by atoms with Crippen LogP contribution in [0.15, 0.2) is 29.3 Å². The first-order valence-electron chi connectivity index (χ1n) is 9.42. The Bertz CT molecular complexity index is 785. The summed E-state index contributed by atoms with van der Waals surface area (Å²) in [5, 5.41) is 3.32. The number of nitrogens with one attached hydrogen (secondary N) is 1. The first-order chi connectivity index (χ1) is 12.5. The van der Waals surface area contributed by atoms with Gasteiger partial charge in [0.15, 0.2) is 15.8 Å². The first-order valence-corrected chi connectivity index (χ1v) is 11.1. The van der Waals surface area contributed by atoms with Gasteiger partial charge in [-0.05, 0) is 38.5 Å². The highest BCUT2D eigenvalue weighted by molar-refractivity contribution is 7.92. The van der Waals surface area contributed by atoms with Crippen molar-refractivity contribution in [2.75, 3.05) is 39.0 Å². The second kappa shape index (κ2) is 8.09. The Morgan fingerprint density at radius 3 is 2.67 bits per heavy atom. The van der Waals surface area contributed by atoms with Crippen molar-refractivity contribution in [1.29, 1.82) is 0 Å². The van der Waals surface area contributed by atoms with Gasteiger partial charge in [-0.2, -0.15) is 0 Å². The summed E-state index contributed by atoms with van der Waals surface area (Å²) in [6, 6.07) is 8.05. The second-order valence-electron chi connectivity index (χ2n) is 8.29. The van der Waals surface area contributed by atoms with Gasteiger partial charge in [0.25, 0.3) is 0 Å². The van der Waals surface area contributed by atoms with E-state index in [0.29, 0.717) is 19.6 Å². The molecule has 2 rings (SSSR count). The van der Waals surface area contributed by atoms with Crippen LogP contribution in [0.25, 0.3) is 0 Å². The molecule has 1 N–H and O–H groups in total. The van der Waals surface area contributed by atoms with Crippen LogP contribution >= 0.6 is 0 Å². The minimum absolute atomic E-state index is 0.156. The maximum absolute atomic E-state index is 12.3. The molecule has 7 heteroatoms. The number of benzene rings is 1. The van der Waals surface area contributed by atoms with E-state index in [0.717, 1.165) is 23.8 Å². The third kappa shape index (κ3) is 4.94. The highest BCUT2D eigenvalue weighted by Gasteiger charge is 2.41. The molecule has 0 spiro atoms. The molecule has 0 bridgehead atoms. The lowest BCUT2D eigenvalue weighted by molar-refractivity contribution is 0.352. The number of hydrogen-bond acceptors (Lipinski definition) is 4. The third-order valence-corrected chi connectivity index (χ3v) is 7.69. The van der Waals surface area contributed by atoms with E-state index in [-0.39, 0.29) is 11.2 Å². The summed E-state index contributed by atoms with van der Waals surface area (Å²) in [5.74, 6) is 1.76. The van der Waals surface area contributed by atoms with Crippen molar-refractivity contribution in [3.63, 3.8) is 0 Å². The van der Waals surface area contributed by atoms with Crippen molar-refractivity contribution in [2.45, 2.75) is 44.8 Å². The number of sulfone groups is 1. The summed E-state index contributed by atoms with van der Waals surface area (Å²) in [5.41, 5.74) is 0.982. The maximum Gasteiger partial charge on any atom is 0.194 e. The zero-order chi connectivity index (χ0) is 20.3. The molecular formula is C20H33N3O3S. The van der Waals surface area contributed by atoms with Gasteiger partial charge in [0.1, 0.15) is 5.75 Å². The van der Waals surface area contributed by atoms with Crippen LogP contribution in [0.5, 0.6) is 5.75 Å². The molecule has 1 aromatic carbocycles. The molecule has 0 saturated carbocycles. The van der Waals surface area contributed by atoms with E-state index in [1.807, 2.05) is 25.1 Å². The van der Waals surface area contributed by atoms with Gasteiger partial charge >= 0.3 is 0 Å². The fourth-order valence-corrected chi connectivity index (χ4v) is 4.52. The Kier molecular flexibility index (Phi) is 6.45. The van der Waals surface area contributed by atoms with E-state index < -0.39 is 14.6 Å². The summed E-state index contributed by atoms with van der Waals surface area (Å²) < 4.78 is 29.2. The molecule has 0 radical (unpaired) electrons. The van der Waals surface area contributed by atoms with Gasteiger partial charge in [0.2, 0.25) is 0 Å². The first kappa shape index (κ1) is 21.5. The minimum atomic E-state index is -3.07. The molecule has 1 aromatic rings. The molecule has 1 saturated heterocycles. The summed E-state index contributed by atoms with van der Waals surface area (Å²) in [6.07, 6.45) is 0. The second-order valence-corrected chi connectivity index (χ2v) is 11.0. The SMILES string of the molecule is CCNC(=NCC(C)(C)c1cccc(OC)c1)N1CCS(=O)(=O)C(C)(C)C1. The third-order valence-electron chi connectivity index (χ3n) is 5.15. The average molecular weight is 396 g/mol. The highest BCUT2D eigenvalue weighted by atomic mass is 32.2.